The number of imide groups is 1. The van der Waals surface area contributed by atoms with Gasteiger partial charge in [-0.2, -0.15) is 0 Å². The molecule has 5 nitrogen and oxygen atoms in total. The Morgan fingerprint density at radius 2 is 1.61 bits per heavy atom. The van der Waals surface area contributed by atoms with Gasteiger partial charge < -0.3 is 9.88 Å². The van der Waals surface area contributed by atoms with Crippen molar-refractivity contribution in [2.45, 2.75) is 18.8 Å². The van der Waals surface area contributed by atoms with Crippen molar-refractivity contribution in [3.05, 3.63) is 82.5 Å². The molecule has 3 aromatic carbocycles. The zero-order valence-corrected chi connectivity index (χ0v) is 18.9. The summed E-state index contributed by atoms with van der Waals surface area (Å²) in [6.07, 6.45) is 4.21. The molecule has 0 bridgehead atoms. The third kappa shape index (κ3) is 3.43. The van der Waals surface area contributed by atoms with E-state index in [2.05, 4.69) is 16.1 Å². The van der Waals surface area contributed by atoms with Gasteiger partial charge in [0.25, 0.3) is 11.8 Å². The van der Waals surface area contributed by atoms with Crippen molar-refractivity contribution in [1.29, 1.82) is 0 Å². The number of nitrogens with zero attached hydrogens (tertiary/aromatic N) is 2. The van der Waals surface area contributed by atoms with E-state index in [1.54, 1.807) is 0 Å². The minimum Gasteiger partial charge on any atom is -0.361 e. The smallest absolute Gasteiger partial charge is 0.261 e. The predicted octanol–water partition coefficient (Wildman–Crippen LogP) is 5.45. The van der Waals surface area contributed by atoms with Gasteiger partial charge in [-0.25, -0.2) is 0 Å². The molecule has 0 atom stereocenters. The first-order valence-corrected chi connectivity index (χ1v) is 11.8. The molecule has 33 heavy (non-hydrogen) atoms. The Kier molecular flexibility index (Phi) is 4.97. The maximum absolute atomic E-state index is 13.1. The van der Waals surface area contributed by atoms with Crippen LogP contribution in [0.25, 0.3) is 21.7 Å². The maximum atomic E-state index is 13.1. The van der Waals surface area contributed by atoms with Crippen LogP contribution in [0.15, 0.2) is 60.8 Å². The maximum Gasteiger partial charge on any atom is 0.261 e. The number of hydrogen-bond acceptors (Lipinski definition) is 3. The highest BCUT2D eigenvalue weighted by Gasteiger charge is 2.33. The van der Waals surface area contributed by atoms with Crippen LogP contribution in [0.2, 0.25) is 5.02 Å². The second-order valence-corrected chi connectivity index (χ2v) is 9.46. The van der Waals surface area contributed by atoms with Crippen molar-refractivity contribution >= 4 is 45.1 Å². The first-order valence-electron chi connectivity index (χ1n) is 11.5. The number of piperidine rings is 1. The van der Waals surface area contributed by atoms with Crippen LogP contribution in [0, 0.1) is 0 Å². The number of aromatic nitrogens is 1. The number of aromatic amines is 1. The topological polar surface area (TPSA) is 56.4 Å². The van der Waals surface area contributed by atoms with E-state index in [0.29, 0.717) is 30.1 Å². The normalized spacial score (nSPS) is 17.4. The number of carbonyl (C=O) groups is 2. The van der Waals surface area contributed by atoms with Gasteiger partial charge in [0.2, 0.25) is 0 Å². The Hall–Kier alpha value is -3.15. The number of rotatable bonds is 4. The first-order chi connectivity index (χ1) is 16.1. The fraction of sp³-hybridized carbons (Fsp3) is 0.259. The molecule has 0 radical (unpaired) electrons. The number of benzene rings is 3. The molecule has 2 aliphatic heterocycles. The molecule has 1 saturated heterocycles. The van der Waals surface area contributed by atoms with Crippen LogP contribution >= 0.6 is 11.6 Å². The summed E-state index contributed by atoms with van der Waals surface area (Å²) < 4.78 is 0. The van der Waals surface area contributed by atoms with Gasteiger partial charge in [0.1, 0.15) is 0 Å². The second kappa shape index (κ2) is 8.01. The van der Waals surface area contributed by atoms with Crippen LogP contribution < -0.4 is 0 Å². The lowest BCUT2D eigenvalue weighted by atomic mass is 9.89. The largest absolute Gasteiger partial charge is 0.361 e. The molecule has 2 aliphatic rings. The molecule has 1 aromatic heterocycles. The van der Waals surface area contributed by atoms with Crippen molar-refractivity contribution in [2.75, 3.05) is 26.2 Å². The zero-order chi connectivity index (χ0) is 22.5. The number of likely N-dealkylation sites (tertiary alicyclic amines) is 1. The zero-order valence-electron chi connectivity index (χ0n) is 18.2. The standard InChI is InChI=1S/C27H24ClN3O2/c28-19-7-8-24-22(15-19)23(16-29-24)17-9-11-30(12-10-17)13-14-31-26(32)20-5-1-3-18-4-2-6-21(25(18)20)27(31)33/h1-8,15-17,29H,9-14H2. The highest BCUT2D eigenvalue weighted by Crippen LogP contribution is 2.34. The van der Waals surface area contributed by atoms with Crippen LogP contribution in [0.3, 0.4) is 0 Å². The van der Waals surface area contributed by atoms with E-state index in [0.717, 1.165) is 47.2 Å². The molecule has 6 heteroatoms. The molecule has 4 aromatic rings. The van der Waals surface area contributed by atoms with Gasteiger partial charge in [-0.3, -0.25) is 14.5 Å². The third-order valence-electron chi connectivity index (χ3n) is 7.20. The van der Waals surface area contributed by atoms with Gasteiger partial charge >= 0.3 is 0 Å². The lowest BCUT2D eigenvalue weighted by molar-refractivity contribution is 0.0586. The summed E-state index contributed by atoms with van der Waals surface area (Å²) in [5, 5.41) is 3.69. The Bertz CT molecular complexity index is 1350. The van der Waals surface area contributed by atoms with E-state index in [9.17, 15) is 9.59 Å². The monoisotopic (exact) mass is 457 g/mol. The van der Waals surface area contributed by atoms with Crippen LogP contribution in [-0.2, 0) is 0 Å². The van der Waals surface area contributed by atoms with E-state index >= 15 is 0 Å². The molecule has 3 heterocycles. The lowest BCUT2D eigenvalue weighted by Gasteiger charge is -2.34. The number of amides is 2. The summed E-state index contributed by atoms with van der Waals surface area (Å²) in [6, 6.07) is 17.3. The lowest BCUT2D eigenvalue weighted by Crippen LogP contribution is -2.45. The minimum atomic E-state index is -0.185. The summed E-state index contributed by atoms with van der Waals surface area (Å²) in [5.41, 5.74) is 3.70. The van der Waals surface area contributed by atoms with E-state index in [-0.39, 0.29) is 11.8 Å². The molecular formula is C27H24ClN3O2. The average molecular weight is 458 g/mol. The molecule has 1 fully saturated rings. The van der Waals surface area contributed by atoms with E-state index < -0.39 is 0 Å². The summed E-state index contributed by atoms with van der Waals surface area (Å²) in [7, 11) is 0. The number of hydrogen-bond donors (Lipinski definition) is 1. The molecule has 0 saturated carbocycles. The fourth-order valence-electron chi connectivity index (χ4n) is 5.44. The predicted molar refractivity (Wildman–Crippen MR) is 131 cm³/mol. The van der Waals surface area contributed by atoms with Gasteiger partial charge in [-0.1, -0.05) is 35.9 Å². The van der Waals surface area contributed by atoms with Crippen molar-refractivity contribution in [2.24, 2.45) is 0 Å². The highest BCUT2D eigenvalue weighted by atomic mass is 35.5. The number of nitrogens with one attached hydrogen (secondary N) is 1. The van der Waals surface area contributed by atoms with Gasteiger partial charge in [-0.05, 0) is 73.1 Å². The molecule has 166 valence electrons. The Morgan fingerprint density at radius 1 is 0.909 bits per heavy atom. The summed E-state index contributed by atoms with van der Waals surface area (Å²) in [4.78, 5) is 33.4. The number of halogens is 1. The van der Waals surface area contributed by atoms with Gasteiger partial charge in [0.05, 0.1) is 0 Å². The number of carbonyl (C=O) groups excluding carboxylic acids is 2. The number of fused-ring (bicyclic) bond motifs is 1. The Balaban J connectivity index is 1.13. The van der Waals surface area contributed by atoms with Gasteiger partial charge in [0.15, 0.2) is 0 Å². The van der Waals surface area contributed by atoms with Gasteiger partial charge in [0, 0.05) is 51.7 Å². The quantitative estimate of drug-likeness (QED) is 0.414. The highest BCUT2D eigenvalue weighted by molar-refractivity contribution is 6.31. The SMILES string of the molecule is O=C1c2cccc3cccc(c23)C(=O)N1CCN1CCC(c2c[nH]c3ccc(Cl)cc23)CC1. The second-order valence-electron chi connectivity index (χ2n) is 9.02. The molecule has 6 rings (SSSR count). The third-order valence-corrected chi connectivity index (χ3v) is 7.43. The van der Waals surface area contributed by atoms with Crippen molar-refractivity contribution < 1.29 is 9.59 Å². The molecule has 1 N–H and O–H groups in total. The van der Waals surface area contributed by atoms with Crippen LogP contribution in [0.1, 0.15) is 45.0 Å². The Morgan fingerprint density at radius 3 is 2.30 bits per heavy atom. The first kappa shape index (κ1) is 20.5. The van der Waals surface area contributed by atoms with E-state index in [1.165, 1.54) is 15.8 Å². The van der Waals surface area contributed by atoms with E-state index in [1.807, 2.05) is 54.6 Å². The van der Waals surface area contributed by atoms with Crippen molar-refractivity contribution in [3.63, 3.8) is 0 Å². The van der Waals surface area contributed by atoms with Gasteiger partial charge in [-0.15, -0.1) is 0 Å². The molecular weight excluding hydrogens is 434 g/mol. The molecule has 2 amide bonds. The average Bonchev–Trinajstić information content (AvgIpc) is 3.26. The molecule has 0 spiro atoms. The number of H-pyrrole nitrogens is 1. The minimum absolute atomic E-state index is 0.185. The summed E-state index contributed by atoms with van der Waals surface area (Å²) in [6.45, 7) is 3.00. The Labute approximate surface area is 196 Å². The fourth-order valence-corrected chi connectivity index (χ4v) is 5.62. The summed E-state index contributed by atoms with van der Waals surface area (Å²) >= 11 is 6.22. The van der Waals surface area contributed by atoms with Crippen molar-refractivity contribution in [3.8, 4) is 0 Å². The van der Waals surface area contributed by atoms with Crippen LogP contribution in [0.4, 0.5) is 0 Å². The van der Waals surface area contributed by atoms with Crippen molar-refractivity contribution in [1.82, 2.24) is 14.8 Å². The molecule has 0 aliphatic carbocycles. The molecule has 0 unspecified atom stereocenters. The summed E-state index contributed by atoms with van der Waals surface area (Å²) in [5.74, 6) is 0.112. The van der Waals surface area contributed by atoms with Crippen LogP contribution in [0.5, 0.6) is 0 Å². The van der Waals surface area contributed by atoms with E-state index in [4.69, 9.17) is 11.6 Å². The van der Waals surface area contributed by atoms with Crippen LogP contribution in [-0.4, -0.2) is 52.8 Å².